The minimum absolute atomic E-state index is 0.142. The molecular formula is C21H35N5O. The summed E-state index contributed by atoms with van der Waals surface area (Å²) in [4.78, 5) is 8.45. The summed E-state index contributed by atoms with van der Waals surface area (Å²) in [7, 11) is 1.95. The van der Waals surface area contributed by atoms with Crippen molar-refractivity contribution in [3.63, 3.8) is 0 Å². The van der Waals surface area contributed by atoms with Crippen LogP contribution in [-0.2, 0) is 13.0 Å². The highest BCUT2D eigenvalue weighted by Gasteiger charge is 2.09. The van der Waals surface area contributed by atoms with Crippen molar-refractivity contribution >= 4 is 12.2 Å². The van der Waals surface area contributed by atoms with Gasteiger partial charge in [0, 0.05) is 25.4 Å². The van der Waals surface area contributed by atoms with E-state index < -0.39 is 0 Å². The maximum absolute atomic E-state index is 9.31. The van der Waals surface area contributed by atoms with Gasteiger partial charge in [-0.3, -0.25) is 0 Å². The smallest absolute Gasteiger partial charge is 0.221 e. The van der Waals surface area contributed by atoms with Gasteiger partial charge >= 0.3 is 0 Å². The third-order valence-corrected chi connectivity index (χ3v) is 4.27. The van der Waals surface area contributed by atoms with Crippen LogP contribution in [0.1, 0.15) is 49.8 Å². The molecule has 1 aromatic rings. The lowest BCUT2D eigenvalue weighted by atomic mass is 10.0. The summed E-state index contributed by atoms with van der Waals surface area (Å²) in [5.74, 6) is 0.917. The Morgan fingerprint density at radius 3 is 2.70 bits per heavy atom. The first kappa shape index (κ1) is 22.9. The van der Waals surface area contributed by atoms with Crippen LogP contribution in [0.2, 0.25) is 0 Å². The molecule has 27 heavy (non-hydrogen) atoms. The van der Waals surface area contributed by atoms with Gasteiger partial charge in [-0.25, -0.2) is 4.99 Å². The van der Waals surface area contributed by atoms with Crippen molar-refractivity contribution in [1.82, 2.24) is 10.6 Å². The predicted molar refractivity (Wildman–Crippen MR) is 115 cm³/mol. The van der Waals surface area contributed by atoms with Gasteiger partial charge in [0.1, 0.15) is 5.82 Å². The summed E-state index contributed by atoms with van der Waals surface area (Å²) in [6.45, 7) is 7.06. The largest absolute Gasteiger partial charge is 0.396 e. The second kappa shape index (κ2) is 13.1. The van der Waals surface area contributed by atoms with Crippen LogP contribution >= 0.6 is 0 Å². The van der Waals surface area contributed by atoms with E-state index in [1.165, 1.54) is 16.7 Å². The van der Waals surface area contributed by atoms with Crippen molar-refractivity contribution in [1.29, 1.82) is 0 Å². The molecule has 150 valence electrons. The number of aliphatic hydroxyl groups excluding tert-OH is 1. The molecule has 0 fully saturated rings. The topological polar surface area (TPSA) is 95.0 Å². The first-order valence-electron chi connectivity index (χ1n) is 9.67. The molecule has 0 radical (unpaired) electrons. The molecule has 0 aliphatic rings. The van der Waals surface area contributed by atoms with E-state index in [0.29, 0.717) is 12.2 Å². The van der Waals surface area contributed by atoms with Crippen LogP contribution in [0.15, 0.2) is 40.1 Å². The van der Waals surface area contributed by atoms with E-state index in [1.807, 2.05) is 13.1 Å². The molecular weight excluding hydrogens is 338 g/mol. The van der Waals surface area contributed by atoms with Gasteiger partial charge in [0.2, 0.25) is 5.96 Å². The SMILES string of the molecule is CC=NC(N)=N/C(=C/Cc1ccc(CNC)cc1C)N[C@@H](CCC)CCO. The Labute approximate surface area is 163 Å². The fourth-order valence-electron chi connectivity index (χ4n) is 2.93. The molecule has 0 unspecified atom stereocenters. The molecule has 0 amide bonds. The van der Waals surface area contributed by atoms with Crippen molar-refractivity contribution in [2.45, 2.75) is 59.0 Å². The van der Waals surface area contributed by atoms with Crippen LogP contribution in [-0.4, -0.2) is 37.0 Å². The number of allylic oxidation sites excluding steroid dienone is 1. The molecule has 1 rings (SSSR count). The van der Waals surface area contributed by atoms with Gasteiger partial charge in [0.15, 0.2) is 0 Å². The molecule has 1 atom stereocenters. The summed E-state index contributed by atoms with van der Waals surface area (Å²) in [6, 6.07) is 6.67. The lowest BCUT2D eigenvalue weighted by Gasteiger charge is -2.19. The van der Waals surface area contributed by atoms with Gasteiger partial charge < -0.3 is 21.5 Å². The lowest BCUT2D eigenvalue weighted by molar-refractivity contribution is 0.264. The van der Waals surface area contributed by atoms with Gasteiger partial charge in [-0.05, 0) is 62.9 Å². The number of hydrogen-bond donors (Lipinski definition) is 4. The number of nitrogens with one attached hydrogen (secondary N) is 2. The number of hydrogen-bond acceptors (Lipinski definition) is 4. The normalized spacial score (nSPS) is 14.0. The minimum atomic E-state index is 0.142. The number of benzene rings is 1. The Balaban J connectivity index is 3.01. The summed E-state index contributed by atoms with van der Waals surface area (Å²) >= 11 is 0. The highest BCUT2D eigenvalue weighted by molar-refractivity contribution is 5.86. The summed E-state index contributed by atoms with van der Waals surface area (Å²) < 4.78 is 0. The van der Waals surface area contributed by atoms with E-state index in [1.54, 1.807) is 13.1 Å². The van der Waals surface area contributed by atoms with Gasteiger partial charge in [-0.1, -0.05) is 31.5 Å². The number of aliphatic hydroxyl groups is 1. The number of nitrogens with two attached hydrogens (primary N) is 1. The maximum atomic E-state index is 9.31. The van der Waals surface area contributed by atoms with E-state index in [2.05, 4.69) is 52.7 Å². The number of aryl methyl sites for hydroxylation is 1. The third-order valence-electron chi connectivity index (χ3n) is 4.27. The fourth-order valence-corrected chi connectivity index (χ4v) is 2.93. The van der Waals surface area contributed by atoms with E-state index in [4.69, 9.17) is 5.73 Å². The highest BCUT2D eigenvalue weighted by atomic mass is 16.3. The summed E-state index contributed by atoms with van der Waals surface area (Å²) in [5.41, 5.74) is 9.64. The van der Waals surface area contributed by atoms with Crippen molar-refractivity contribution in [2.75, 3.05) is 13.7 Å². The number of nitrogens with zero attached hydrogens (tertiary/aromatic N) is 2. The Morgan fingerprint density at radius 2 is 2.11 bits per heavy atom. The van der Waals surface area contributed by atoms with Crippen molar-refractivity contribution in [2.24, 2.45) is 15.7 Å². The molecule has 0 bridgehead atoms. The number of guanidine groups is 1. The Bertz CT molecular complexity index is 646. The van der Waals surface area contributed by atoms with Crippen molar-refractivity contribution < 1.29 is 5.11 Å². The predicted octanol–water partition coefficient (Wildman–Crippen LogP) is 2.64. The molecule has 0 saturated carbocycles. The van der Waals surface area contributed by atoms with Crippen molar-refractivity contribution in [3.8, 4) is 0 Å². The third kappa shape index (κ3) is 8.84. The van der Waals surface area contributed by atoms with Crippen LogP contribution < -0.4 is 16.4 Å². The van der Waals surface area contributed by atoms with Crippen LogP contribution in [0.4, 0.5) is 0 Å². The lowest BCUT2D eigenvalue weighted by Crippen LogP contribution is -2.29. The zero-order valence-electron chi connectivity index (χ0n) is 17.1. The quantitative estimate of drug-likeness (QED) is 0.354. The van der Waals surface area contributed by atoms with E-state index in [-0.39, 0.29) is 18.6 Å². The monoisotopic (exact) mass is 373 g/mol. The van der Waals surface area contributed by atoms with Crippen LogP contribution in [0, 0.1) is 6.92 Å². The first-order valence-corrected chi connectivity index (χ1v) is 9.67. The van der Waals surface area contributed by atoms with Gasteiger partial charge in [-0.15, -0.1) is 0 Å². The van der Waals surface area contributed by atoms with Gasteiger partial charge in [-0.2, -0.15) is 4.99 Å². The molecule has 0 saturated heterocycles. The molecule has 0 aliphatic heterocycles. The molecule has 1 aromatic carbocycles. The van der Waals surface area contributed by atoms with Crippen LogP contribution in [0.3, 0.4) is 0 Å². The zero-order valence-corrected chi connectivity index (χ0v) is 17.1. The van der Waals surface area contributed by atoms with Gasteiger partial charge in [0.25, 0.3) is 0 Å². The maximum Gasteiger partial charge on any atom is 0.221 e. The summed E-state index contributed by atoms with van der Waals surface area (Å²) in [6.07, 6.45) is 7.08. The molecule has 0 spiro atoms. The average molecular weight is 374 g/mol. The molecule has 0 heterocycles. The number of rotatable bonds is 11. The van der Waals surface area contributed by atoms with Crippen molar-refractivity contribution in [3.05, 3.63) is 46.8 Å². The first-order chi connectivity index (χ1) is 13.0. The molecule has 5 N–H and O–H groups in total. The molecule has 6 nitrogen and oxygen atoms in total. The van der Waals surface area contributed by atoms with Crippen LogP contribution in [0.5, 0.6) is 0 Å². The molecule has 6 heteroatoms. The van der Waals surface area contributed by atoms with E-state index in [9.17, 15) is 5.11 Å². The molecule has 0 aromatic heterocycles. The van der Waals surface area contributed by atoms with E-state index in [0.717, 1.165) is 25.8 Å². The Hall–Kier alpha value is -2.18. The van der Waals surface area contributed by atoms with Gasteiger partial charge in [0.05, 0.1) is 0 Å². The Kier molecular flexibility index (Phi) is 11.1. The number of aliphatic imine (C=N–C) groups is 2. The fraction of sp³-hybridized carbons (Fsp3) is 0.524. The van der Waals surface area contributed by atoms with E-state index >= 15 is 0 Å². The molecule has 0 aliphatic carbocycles. The average Bonchev–Trinajstić information content (AvgIpc) is 2.61. The zero-order chi connectivity index (χ0) is 20.1. The minimum Gasteiger partial charge on any atom is -0.396 e. The van der Waals surface area contributed by atoms with Crippen LogP contribution in [0.25, 0.3) is 0 Å². The second-order valence-corrected chi connectivity index (χ2v) is 6.58. The standard InChI is InChI=1S/C21H35N5O/c1-5-7-19(12-13-27)25-20(26-21(22)24-6-2)11-10-18-9-8-17(15-23-4)14-16(18)3/h6,8-9,11,14,19,23,25,27H,5,7,10,12-13,15H2,1-4H3,(H2,22,26)/b20-11+,24-6?/t19-/m0/s1. The summed E-state index contributed by atoms with van der Waals surface area (Å²) in [5, 5.41) is 15.9. The second-order valence-electron chi connectivity index (χ2n) is 6.58. The Morgan fingerprint density at radius 1 is 1.33 bits per heavy atom. The highest BCUT2D eigenvalue weighted by Crippen LogP contribution is 2.14.